The fourth-order valence-electron chi connectivity index (χ4n) is 4.39. The second kappa shape index (κ2) is 8.46. The molecule has 1 aliphatic heterocycles. The van der Waals surface area contributed by atoms with Crippen molar-refractivity contribution in [3.63, 3.8) is 0 Å². The van der Waals surface area contributed by atoms with Crippen molar-refractivity contribution in [3.8, 4) is 17.1 Å². The lowest BCUT2D eigenvalue weighted by Gasteiger charge is -2.21. The number of aromatic nitrogens is 5. The van der Waals surface area contributed by atoms with Crippen LogP contribution in [0.2, 0.25) is 0 Å². The third-order valence-electron chi connectivity index (χ3n) is 6.05. The number of hydrogen-bond acceptors (Lipinski definition) is 6. The fraction of sp³-hybridized carbons (Fsp3) is 0.192. The zero-order valence-electron chi connectivity index (χ0n) is 18.7. The van der Waals surface area contributed by atoms with Crippen molar-refractivity contribution in [1.82, 2.24) is 24.7 Å². The molecule has 1 aromatic carbocycles. The SMILES string of the molecule is Cc1cncc(-n2nc(-c3ccc4ncccc4c3)nc2CN2C(=O)CCCc3sccc32)c1. The normalized spacial score (nSPS) is 13.8. The van der Waals surface area contributed by atoms with Crippen LogP contribution in [-0.4, -0.2) is 30.6 Å². The van der Waals surface area contributed by atoms with Crippen LogP contribution in [0.5, 0.6) is 0 Å². The summed E-state index contributed by atoms with van der Waals surface area (Å²) in [6.45, 7) is 2.35. The molecule has 1 aliphatic rings. The summed E-state index contributed by atoms with van der Waals surface area (Å²) < 4.78 is 1.81. The zero-order chi connectivity index (χ0) is 23.1. The van der Waals surface area contributed by atoms with Gasteiger partial charge in [0.05, 0.1) is 29.6 Å². The van der Waals surface area contributed by atoms with Gasteiger partial charge in [0.1, 0.15) is 0 Å². The summed E-state index contributed by atoms with van der Waals surface area (Å²) in [5, 5.41) is 7.95. The Hall–Kier alpha value is -3.91. The summed E-state index contributed by atoms with van der Waals surface area (Å²) in [5.41, 5.74) is 4.67. The number of rotatable bonds is 4. The number of carbonyl (C=O) groups excluding carboxylic acids is 1. The first-order chi connectivity index (χ1) is 16.7. The van der Waals surface area contributed by atoms with Gasteiger partial charge in [-0.05, 0) is 67.1 Å². The maximum Gasteiger partial charge on any atom is 0.227 e. The summed E-state index contributed by atoms with van der Waals surface area (Å²) in [5.74, 6) is 1.42. The van der Waals surface area contributed by atoms with Crippen molar-refractivity contribution < 1.29 is 4.79 Å². The van der Waals surface area contributed by atoms with Gasteiger partial charge in [0, 0.05) is 34.6 Å². The first-order valence-electron chi connectivity index (χ1n) is 11.3. The van der Waals surface area contributed by atoms with Gasteiger partial charge in [0.15, 0.2) is 11.6 Å². The Morgan fingerprint density at radius 2 is 2.03 bits per heavy atom. The van der Waals surface area contributed by atoms with Crippen LogP contribution in [0.1, 0.15) is 29.1 Å². The number of amides is 1. The first-order valence-corrected chi connectivity index (χ1v) is 12.1. The minimum absolute atomic E-state index is 0.118. The Kier molecular flexibility index (Phi) is 5.15. The van der Waals surface area contributed by atoms with E-state index in [2.05, 4.69) is 15.3 Å². The lowest BCUT2D eigenvalue weighted by Crippen LogP contribution is -2.30. The Bertz CT molecular complexity index is 1520. The van der Waals surface area contributed by atoms with E-state index in [-0.39, 0.29) is 5.91 Å². The van der Waals surface area contributed by atoms with Crippen LogP contribution in [-0.2, 0) is 17.8 Å². The highest BCUT2D eigenvalue weighted by atomic mass is 32.1. The molecule has 7 nitrogen and oxygen atoms in total. The van der Waals surface area contributed by atoms with Crippen LogP contribution in [0.25, 0.3) is 28.0 Å². The predicted octanol–water partition coefficient (Wildman–Crippen LogP) is 5.12. The molecule has 0 spiro atoms. The standard InChI is InChI=1S/C26H22N6OS/c1-17-12-20(15-27-14-17)32-24(16-31-22-9-11-34-23(22)5-2-6-25(31)33)29-26(30-32)19-7-8-21-18(13-19)4-3-10-28-21/h3-4,7-15H,2,5-6,16H2,1H3. The van der Waals surface area contributed by atoms with Crippen molar-refractivity contribution in [2.75, 3.05) is 4.90 Å². The molecule has 1 amide bonds. The van der Waals surface area contributed by atoms with E-state index >= 15 is 0 Å². The summed E-state index contributed by atoms with van der Waals surface area (Å²) >= 11 is 1.71. The second-order valence-corrected chi connectivity index (χ2v) is 9.46. The Morgan fingerprint density at radius 3 is 2.94 bits per heavy atom. The predicted molar refractivity (Wildman–Crippen MR) is 133 cm³/mol. The van der Waals surface area contributed by atoms with Crippen LogP contribution >= 0.6 is 11.3 Å². The second-order valence-electron chi connectivity index (χ2n) is 8.46. The van der Waals surface area contributed by atoms with E-state index in [4.69, 9.17) is 10.1 Å². The van der Waals surface area contributed by atoms with Crippen molar-refractivity contribution >= 4 is 33.8 Å². The van der Waals surface area contributed by atoms with Crippen LogP contribution in [0.4, 0.5) is 5.69 Å². The minimum Gasteiger partial charge on any atom is -0.304 e. The molecule has 0 radical (unpaired) electrons. The fourth-order valence-corrected chi connectivity index (χ4v) is 5.31. The number of carbonyl (C=O) groups is 1. The Morgan fingerprint density at radius 1 is 1.09 bits per heavy atom. The van der Waals surface area contributed by atoms with Crippen molar-refractivity contribution in [1.29, 1.82) is 0 Å². The van der Waals surface area contributed by atoms with Crippen LogP contribution in [0, 0.1) is 6.92 Å². The smallest absolute Gasteiger partial charge is 0.227 e. The van der Waals surface area contributed by atoms with E-state index in [0.717, 1.165) is 46.2 Å². The average molecular weight is 467 g/mol. The molecule has 0 atom stereocenters. The maximum atomic E-state index is 13.1. The molecule has 0 saturated carbocycles. The summed E-state index contributed by atoms with van der Waals surface area (Å²) in [6.07, 6.45) is 7.71. The van der Waals surface area contributed by atoms with Gasteiger partial charge in [-0.15, -0.1) is 16.4 Å². The quantitative estimate of drug-likeness (QED) is 0.368. The molecule has 168 valence electrons. The van der Waals surface area contributed by atoms with Gasteiger partial charge < -0.3 is 4.90 Å². The van der Waals surface area contributed by atoms with Gasteiger partial charge in [-0.3, -0.25) is 14.8 Å². The molecule has 0 unspecified atom stereocenters. The molecule has 0 fully saturated rings. The topological polar surface area (TPSA) is 76.8 Å². The molecule has 0 N–H and O–H groups in total. The van der Waals surface area contributed by atoms with Crippen LogP contribution in [0.15, 0.2) is 66.4 Å². The number of thiophene rings is 1. The summed E-state index contributed by atoms with van der Waals surface area (Å²) in [6, 6.07) is 14.0. The Labute approximate surface area is 200 Å². The Balaban J connectivity index is 1.47. The van der Waals surface area contributed by atoms with Gasteiger partial charge >= 0.3 is 0 Å². The lowest BCUT2D eigenvalue weighted by atomic mass is 10.1. The number of fused-ring (bicyclic) bond motifs is 2. The molecule has 5 aromatic rings. The van der Waals surface area contributed by atoms with Crippen molar-refractivity contribution in [3.05, 3.63) is 82.7 Å². The third-order valence-corrected chi connectivity index (χ3v) is 7.02. The molecule has 4 aromatic heterocycles. The van der Waals surface area contributed by atoms with E-state index in [1.807, 2.05) is 65.2 Å². The first kappa shape index (κ1) is 20.7. The molecule has 6 rings (SSSR count). The number of aryl methyl sites for hydroxylation is 2. The van der Waals surface area contributed by atoms with Crippen molar-refractivity contribution in [2.24, 2.45) is 0 Å². The highest BCUT2D eigenvalue weighted by Crippen LogP contribution is 2.33. The summed E-state index contributed by atoms with van der Waals surface area (Å²) in [7, 11) is 0. The molecule has 0 bridgehead atoms. The van der Waals surface area contributed by atoms with Crippen LogP contribution in [0.3, 0.4) is 0 Å². The molecular weight excluding hydrogens is 444 g/mol. The molecular formula is C26H22N6OS. The van der Waals surface area contributed by atoms with E-state index in [0.29, 0.717) is 24.6 Å². The zero-order valence-corrected chi connectivity index (χ0v) is 19.5. The number of nitrogens with zero attached hydrogens (tertiary/aromatic N) is 6. The number of pyridine rings is 2. The van der Waals surface area contributed by atoms with Gasteiger partial charge in [-0.1, -0.05) is 6.07 Å². The van der Waals surface area contributed by atoms with Gasteiger partial charge in [0.2, 0.25) is 5.91 Å². The molecule has 0 aliphatic carbocycles. The average Bonchev–Trinajstić information content (AvgIpc) is 3.46. The molecule has 5 heterocycles. The molecule has 34 heavy (non-hydrogen) atoms. The third kappa shape index (κ3) is 3.76. The number of benzene rings is 1. The highest BCUT2D eigenvalue weighted by Gasteiger charge is 2.26. The molecule has 8 heteroatoms. The monoisotopic (exact) mass is 466 g/mol. The van der Waals surface area contributed by atoms with E-state index in [1.54, 1.807) is 23.7 Å². The van der Waals surface area contributed by atoms with Crippen molar-refractivity contribution in [2.45, 2.75) is 32.7 Å². The van der Waals surface area contributed by atoms with Gasteiger partial charge in [-0.25, -0.2) is 9.67 Å². The molecule has 0 saturated heterocycles. The van der Waals surface area contributed by atoms with Crippen LogP contribution < -0.4 is 4.90 Å². The van der Waals surface area contributed by atoms with E-state index in [9.17, 15) is 4.79 Å². The lowest BCUT2D eigenvalue weighted by molar-refractivity contribution is -0.118. The highest BCUT2D eigenvalue weighted by molar-refractivity contribution is 7.10. The van der Waals surface area contributed by atoms with Gasteiger partial charge in [-0.2, -0.15) is 0 Å². The van der Waals surface area contributed by atoms with E-state index < -0.39 is 0 Å². The number of hydrogen-bond donors (Lipinski definition) is 0. The summed E-state index contributed by atoms with van der Waals surface area (Å²) in [4.78, 5) is 29.8. The maximum absolute atomic E-state index is 13.1. The van der Waals surface area contributed by atoms with Gasteiger partial charge in [0.25, 0.3) is 0 Å². The number of anilines is 1. The largest absolute Gasteiger partial charge is 0.304 e. The minimum atomic E-state index is 0.118. The van der Waals surface area contributed by atoms with E-state index in [1.165, 1.54) is 4.88 Å².